The van der Waals surface area contributed by atoms with Crippen LogP contribution in [0.5, 0.6) is 11.5 Å². The molecule has 0 bridgehead atoms. The summed E-state index contributed by atoms with van der Waals surface area (Å²) in [6, 6.07) is 17.0. The van der Waals surface area contributed by atoms with Crippen LogP contribution in [0.25, 0.3) is 16.6 Å². The Labute approximate surface area is 189 Å². The SMILES string of the molecule is N[C@@H]1CC(=O)N(c2ccc3c(cnn3-c3ccc(F)cc3)c2)[C@H]1c1ccc2c(c1)OCCO2. The van der Waals surface area contributed by atoms with E-state index >= 15 is 0 Å². The van der Waals surface area contributed by atoms with Crippen LogP contribution in [0.2, 0.25) is 0 Å². The minimum atomic E-state index is -0.349. The molecule has 0 saturated carbocycles. The van der Waals surface area contributed by atoms with Gasteiger partial charge < -0.3 is 20.1 Å². The number of fused-ring (bicyclic) bond motifs is 2. The molecule has 166 valence electrons. The van der Waals surface area contributed by atoms with Gasteiger partial charge >= 0.3 is 0 Å². The number of nitrogens with zero attached hydrogens (tertiary/aromatic N) is 3. The summed E-state index contributed by atoms with van der Waals surface area (Å²) in [5.41, 5.74) is 9.70. The maximum absolute atomic E-state index is 13.3. The molecule has 0 aliphatic carbocycles. The van der Waals surface area contributed by atoms with Crippen LogP contribution in [0.1, 0.15) is 18.0 Å². The van der Waals surface area contributed by atoms with Gasteiger partial charge in [0, 0.05) is 23.5 Å². The van der Waals surface area contributed by atoms with Crippen LogP contribution < -0.4 is 20.1 Å². The zero-order valence-corrected chi connectivity index (χ0v) is 17.6. The largest absolute Gasteiger partial charge is 0.486 e. The average Bonchev–Trinajstić information content (AvgIpc) is 3.38. The fraction of sp³-hybridized carbons (Fsp3) is 0.200. The summed E-state index contributed by atoms with van der Waals surface area (Å²) < 4.78 is 26.4. The van der Waals surface area contributed by atoms with Crippen molar-refractivity contribution in [3.8, 4) is 17.2 Å². The van der Waals surface area contributed by atoms with E-state index < -0.39 is 0 Å². The molecular formula is C25H21FN4O3. The number of amides is 1. The lowest BCUT2D eigenvalue weighted by Gasteiger charge is -2.28. The van der Waals surface area contributed by atoms with E-state index in [0.29, 0.717) is 24.7 Å². The number of benzene rings is 3. The van der Waals surface area contributed by atoms with Crippen molar-refractivity contribution in [2.45, 2.75) is 18.5 Å². The zero-order valence-electron chi connectivity index (χ0n) is 17.6. The van der Waals surface area contributed by atoms with Gasteiger partial charge in [0.15, 0.2) is 11.5 Å². The topological polar surface area (TPSA) is 82.6 Å². The van der Waals surface area contributed by atoms with Crippen molar-refractivity contribution in [1.29, 1.82) is 0 Å². The van der Waals surface area contributed by atoms with Crippen molar-refractivity contribution in [1.82, 2.24) is 9.78 Å². The van der Waals surface area contributed by atoms with Gasteiger partial charge in [-0.05, 0) is 60.2 Å². The Morgan fingerprint density at radius 1 is 0.939 bits per heavy atom. The summed E-state index contributed by atoms with van der Waals surface area (Å²) in [4.78, 5) is 14.7. The molecule has 1 aromatic heterocycles. The second-order valence-corrected chi connectivity index (χ2v) is 8.26. The van der Waals surface area contributed by atoms with Crippen molar-refractivity contribution in [3.63, 3.8) is 0 Å². The van der Waals surface area contributed by atoms with Gasteiger partial charge in [0.05, 0.1) is 23.4 Å². The molecule has 0 radical (unpaired) electrons. The number of hydrogen-bond acceptors (Lipinski definition) is 5. The summed E-state index contributed by atoms with van der Waals surface area (Å²) in [5.74, 6) is 1.03. The van der Waals surface area contributed by atoms with E-state index in [-0.39, 0.29) is 30.2 Å². The van der Waals surface area contributed by atoms with Gasteiger partial charge in [-0.1, -0.05) is 6.07 Å². The first-order chi connectivity index (χ1) is 16.1. The quantitative estimate of drug-likeness (QED) is 0.521. The third-order valence-electron chi connectivity index (χ3n) is 6.17. The number of halogens is 1. The van der Waals surface area contributed by atoms with E-state index in [9.17, 15) is 9.18 Å². The fourth-order valence-electron chi connectivity index (χ4n) is 4.66. The lowest BCUT2D eigenvalue weighted by Crippen LogP contribution is -2.33. The van der Waals surface area contributed by atoms with Gasteiger partial charge in [0.25, 0.3) is 0 Å². The minimum absolute atomic E-state index is 0.0346. The maximum Gasteiger partial charge on any atom is 0.229 e. The molecule has 1 saturated heterocycles. The van der Waals surface area contributed by atoms with Crippen molar-refractivity contribution in [3.05, 3.63) is 78.2 Å². The van der Waals surface area contributed by atoms with Gasteiger partial charge in [0.1, 0.15) is 19.0 Å². The Balaban J connectivity index is 1.39. The van der Waals surface area contributed by atoms with Gasteiger partial charge in [-0.25, -0.2) is 9.07 Å². The van der Waals surface area contributed by atoms with Crippen LogP contribution in [-0.4, -0.2) is 34.9 Å². The molecule has 2 N–H and O–H groups in total. The van der Waals surface area contributed by atoms with Crippen LogP contribution in [-0.2, 0) is 4.79 Å². The van der Waals surface area contributed by atoms with Gasteiger partial charge in [0.2, 0.25) is 5.91 Å². The summed E-state index contributed by atoms with van der Waals surface area (Å²) in [6.45, 7) is 1.01. The van der Waals surface area contributed by atoms with Crippen LogP contribution in [0.15, 0.2) is 66.9 Å². The molecule has 0 spiro atoms. The number of hydrogen-bond donors (Lipinski definition) is 1. The number of rotatable bonds is 3. The molecule has 6 rings (SSSR count). The Kier molecular flexibility index (Phi) is 4.55. The minimum Gasteiger partial charge on any atom is -0.486 e. The van der Waals surface area contributed by atoms with Crippen LogP contribution in [0, 0.1) is 5.82 Å². The first kappa shape index (κ1) is 19.8. The van der Waals surface area contributed by atoms with Crippen LogP contribution in [0.3, 0.4) is 0 Å². The summed E-state index contributed by atoms with van der Waals surface area (Å²) in [5, 5.41) is 5.32. The van der Waals surface area contributed by atoms with Crippen LogP contribution >= 0.6 is 0 Å². The monoisotopic (exact) mass is 444 g/mol. The molecule has 33 heavy (non-hydrogen) atoms. The molecule has 2 aliphatic rings. The predicted octanol–water partition coefficient (Wildman–Crippen LogP) is 3.74. The summed E-state index contributed by atoms with van der Waals surface area (Å²) in [6.07, 6.45) is 1.99. The molecule has 3 aromatic carbocycles. The van der Waals surface area contributed by atoms with E-state index in [0.717, 1.165) is 27.8 Å². The Hall–Kier alpha value is -3.91. The number of ether oxygens (including phenoxy) is 2. The standard InChI is InChI=1S/C25H21FN4O3/c26-17-2-4-18(5-3-17)30-21-7-6-19(11-16(21)14-28-30)29-24(31)13-20(27)25(29)15-1-8-22-23(12-15)33-10-9-32-22/h1-8,11-12,14,20,25H,9-10,13,27H2/t20-,25+/m1/s1. The highest BCUT2D eigenvalue weighted by Crippen LogP contribution is 2.41. The van der Waals surface area contributed by atoms with E-state index in [1.54, 1.807) is 27.9 Å². The van der Waals surface area contributed by atoms with Crippen molar-refractivity contribution >= 4 is 22.5 Å². The molecule has 7 nitrogen and oxygen atoms in total. The molecule has 1 amide bonds. The highest BCUT2D eigenvalue weighted by molar-refractivity contribution is 5.99. The molecule has 1 fully saturated rings. The average molecular weight is 444 g/mol. The number of carbonyl (C=O) groups is 1. The van der Waals surface area contributed by atoms with Crippen molar-refractivity contribution in [2.24, 2.45) is 5.73 Å². The second-order valence-electron chi connectivity index (χ2n) is 8.26. The van der Waals surface area contributed by atoms with Crippen molar-refractivity contribution < 1.29 is 18.7 Å². The molecule has 2 atom stereocenters. The van der Waals surface area contributed by atoms with Gasteiger partial charge in [-0.2, -0.15) is 5.10 Å². The molecular weight excluding hydrogens is 423 g/mol. The van der Waals surface area contributed by atoms with Gasteiger partial charge in [-0.3, -0.25) is 4.79 Å². The van der Waals surface area contributed by atoms with Gasteiger partial charge in [-0.15, -0.1) is 0 Å². The third-order valence-corrected chi connectivity index (χ3v) is 6.17. The Bertz CT molecular complexity index is 1370. The highest BCUT2D eigenvalue weighted by Gasteiger charge is 2.40. The van der Waals surface area contributed by atoms with E-state index in [1.807, 2.05) is 36.4 Å². The third kappa shape index (κ3) is 3.30. The molecule has 8 heteroatoms. The second kappa shape index (κ2) is 7.60. The van der Waals surface area contributed by atoms with E-state index in [1.165, 1.54) is 12.1 Å². The number of aromatic nitrogens is 2. The Morgan fingerprint density at radius 3 is 2.52 bits per heavy atom. The maximum atomic E-state index is 13.3. The summed E-state index contributed by atoms with van der Waals surface area (Å²) in [7, 11) is 0. The number of anilines is 1. The number of carbonyl (C=O) groups excluding carboxylic acids is 1. The first-order valence-electron chi connectivity index (χ1n) is 10.8. The number of nitrogens with two attached hydrogens (primary N) is 1. The smallest absolute Gasteiger partial charge is 0.229 e. The zero-order chi connectivity index (χ0) is 22.5. The molecule has 2 aliphatic heterocycles. The summed E-state index contributed by atoms with van der Waals surface area (Å²) >= 11 is 0. The lowest BCUT2D eigenvalue weighted by molar-refractivity contribution is -0.117. The highest BCUT2D eigenvalue weighted by atomic mass is 19.1. The predicted molar refractivity (Wildman–Crippen MR) is 121 cm³/mol. The normalized spacial score (nSPS) is 19.9. The molecule has 4 aromatic rings. The van der Waals surface area contributed by atoms with Crippen LogP contribution in [0.4, 0.5) is 10.1 Å². The van der Waals surface area contributed by atoms with Crippen molar-refractivity contribution in [2.75, 3.05) is 18.1 Å². The lowest BCUT2D eigenvalue weighted by atomic mass is 9.99. The van der Waals surface area contributed by atoms with E-state index in [4.69, 9.17) is 15.2 Å². The molecule has 3 heterocycles. The molecule has 0 unspecified atom stereocenters. The first-order valence-corrected chi connectivity index (χ1v) is 10.8. The Morgan fingerprint density at radius 2 is 1.70 bits per heavy atom. The fourth-order valence-corrected chi connectivity index (χ4v) is 4.66. The van der Waals surface area contributed by atoms with E-state index in [2.05, 4.69) is 5.10 Å².